The van der Waals surface area contributed by atoms with E-state index in [1.54, 1.807) is 0 Å². The average Bonchev–Trinajstić information content (AvgIpc) is 2.34. The smallest absolute Gasteiger partial charge is 0.304 e. The SMILES string of the molecule is C#CCC(CC)NCc1ccc([N+](=O)[O-])c(F)c1. The third-order valence-corrected chi connectivity index (χ3v) is 2.66. The van der Waals surface area contributed by atoms with Crippen molar-refractivity contribution in [1.82, 2.24) is 5.32 Å². The van der Waals surface area contributed by atoms with Gasteiger partial charge in [-0.1, -0.05) is 13.0 Å². The fraction of sp³-hybridized carbons (Fsp3) is 0.385. The molecule has 18 heavy (non-hydrogen) atoms. The lowest BCUT2D eigenvalue weighted by Gasteiger charge is -2.14. The predicted octanol–water partition coefficient (Wildman–Crippen LogP) is 2.63. The Balaban J connectivity index is 2.66. The summed E-state index contributed by atoms with van der Waals surface area (Å²) in [6.45, 7) is 2.44. The molecule has 0 radical (unpaired) electrons. The van der Waals surface area contributed by atoms with E-state index < -0.39 is 16.4 Å². The van der Waals surface area contributed by atoms with Crippen molar-refractivity contribution >= 4 is 5.69 Å². The van der Waals surface area contributed by atoms with Crippen LogP contribution in [-0.4, -0.2) is 11.0 Å². The molecule has 0 amide bonds. The van der Waals surface area contributed by atoms with Crippen LogP contribution >= 0.6 is 0 Å². The van der Waals surface area contributed by atoms with Crippen molar-refractivity contribution in [1.29, 1.82) is 0 Å². The summed E-state index contributed by atoms with van der Waals surface area (Å²) in [7, 11) is 0. The van der Waals surface area contributed by atoms with E-state index in [9.17, 15) is 14.5 Å². The van der Waals surface area contributed by atoms with Crippen LogP contribution in [0.5, 0.6) is 0 Å². The largest absolute Gasteiger partial charge is 0.309 e. The summed E-state index contributed by atoms with van der Waals surface area (Å²) in [5, 5.41) is 13.6. The van der Waals surface area contributed by atoms with Crippen molar-refractivity contribution in [2.75, 3.05) is 0 Å². The zero-order valence-corrected chi connectivity index (χ0v) is 10.1. The third-order valence-electron chi connectivity index (χ3n) is 2.66. The minimum Gasteiger partial charge on any atom is -0.309 e. The quantitative estimate of drug-likeness (QED) is 0.479. The zero-order valence-electron chi connectivity index (χ0n) is 10.1. The van der Waals surface area contributed by atoms with Gasteiger partial charge >= 0.3 is 5.69 Å². The Hall–Kier alpha value is -1.93. The molecule has 1 unspecified atom stereocenters. The summed E-state index contributed by atoms with van der Waals surface area (Å²) in [5.41, 5.74) is 0.156. The van der Waals surface area contributed by atoms with Crippen molar-refractivity contribution < 1.29 is 9.31 Å². The molecule has 0 heterocycles. The highest BCUT2D eigenvalue weighted by molar-refractivity contribution is 5.34. The van der Waals surface area contributed by atoms with E-state index in [0.717, 1.165) is 6.42 Å². The summed E-state index contributed by atoms with van der Waals surface area (Å²) < 4.78 is 13.4. The Morgan fingerprint density at radius 2 is 2.33 bits per heavy atom. The van der Waals surface area contributed by atoms with Crippen LogP contribution in [0.4, 0.5) is 10.1 Å². The van der Waals surface area contributed by atoms with E-state index in [1.165, 1.54) is 18.2 Å². The molecule has 5 heteroatoms. The summed E-state index contributed by atoms with van der Waals surface area (Å²) in [5.74, 6) is 1.75. The highest BCUT2D eigenvalue weighted by Crippen LogP contribution is 2.18. The summed E-state index contributed by atoms with van der Waals surface area (Å²) >= 11 is 0. The monoisotopic (exact) mass is 250 g/mol. The molecule has 0 bridgehead atoms. The van der Waals surface area contributed by atoms with Gasteiger partial charge in [-0.25, -0.2) is 0 Å². The fourth-order valence-electron chi connectivity index (χ4n) is 1.57. The molecule has 0 aromatic heterocycles. The van der Waals surface area contributed by atoms with Gasteiger partial charge in [0, 0.05) is 25.1 Å². The summed E-state index contributed by atoms with van der Waals surface area (Å²) in [4.78, 5) is 9.72. The zero-order chi connectivity index (χ0) is 13.5. The number of nitro benzene ring substituents is 1. The first-order valence-corrected chi connectivity index (χ1v) is 5.68. The van der Waals surface area contributed by atoms with E-state index in [0.29, 0.717) is 18.5 Å². The molecule has 0 aliphatic carbocycles. The normalized spacial score (nSPS) is 11.8. The van der Waals surface area contributed by atoms with E-state index >= 15 is 0 Å². The number of nitrogens with zero attached hydrogens (tertiary/aromatic N) is 1. The van der Waals surface area contributed by atoms with Crippen LogP contribution in [0.1, 0.15) is 25.3 Å². The molecule has 0 aliphatic rings. The molecule has 1 rings (SSSR count). The molecule has 0 spiro atoms. The molecule has 96 valence electrons. The van der Waals surface area contributed by atoms with Gasteiger partial charge in [-0.3, -0.25) is 10.1 Å². The van der Waals surface area contributed by atoms with Crippen LogP contribution in [0, 0.1) is 28.3 Å². The van der Waals surface area contributed by atoms with Gasteiger partial charge in [0.2, 0.25) is 5.82 Å². The van der Waals surface area contributed by atoms with Crippen molar-refractivity contribution in [3.05, 3.63) is 39.7 Å². The Labute approximate surface area is 105 Å². The number of hydrogen-bond acceptors (Lipinski definition) is 3. The Morgan fingerprint density at radius 1 is 1.61 bits per heavy atom. The second kappa shape index (κ2) is 6.72. The van der Waals surface area contributed by atoms with E-state index in [2.05, 4.69) is 11.2 Å². The average molecular weight is 250 g/mol. The molecule has 0 saturated carbocycles. The lowest BCUT2D eigenvalue weighted by Crippen LogP contribution is -2.27. The summed E-state index contributed by atoms with van der Waals surface area (Å²) in [6, 6.07) is 4.06. The van der Waals surface area contributed by atoms with E-state index in [1.807, 2.05) is 6.92 Å². The van der Waals surface area contributed by atoms with Gasteiger partial charge in [-0.2, -0.15) is 4.39 Å². The molecule has 0 saturated heterocycles. The Morgan fingerprint density at radius 3 is 2.83 bits per heavy atom. The maximum absolute atomic E-state index is 13.4. The number of nitrogens with one attached hydrogen (secondary N) is 1. The van der Waals surface area contributed by atoms with E-state index in [-0.39, 0.29) is 6.04 Å². The van der Waals surface area contributed by atoms with Crippen LogP contribution < -0.4 is 5.32 Å². The summed E-state index contributed by atoms with van der Waals surface area (Å²) in [6.07, 6.45) is 6.70. The molecule has 0 fully saturated rings. The van der Waals surface area contributed by atoms with Crippen LogP contribution in [0.25, 0.3) is 0 Å². The maximum Gasteiger partial charge on any atom is 0.304 e. The minimum absolute atomic E-state index is 0.174. The molecule has 1 aromatic rings. The minimum atomic E-state index is -0.815. The molecule has 1 atom stereocenters. The van der Waals surface area contributed by atoms with Crippen molar-refractivity contribution in [2.45, 2.75) is 32.4 Å². The van der Waals surface area contributed by atoms with Gasteiger partial charge in [-0.05, 0) is 18.1 Å². The number of terminal acetylenes is 1. The first-order chi connectivity index (χ1) is 8.58. The lowest BCUT2D eigenvalue weighted by atomic mass is 10.1. The maximum atomic E-state index is 13.4. The van der Waals surface area contributed by atoms with Crippen LogP contribution in [0.3, 0.4) is 0 Å². The van der Waals surface area contributed by atoms with Crippen molar-refractivity contribution in [3.63, 3.8) is 0 Å². The van der Waals surface area contributed by atoms with Crippen molar-refractivity contribution in [3.8, 4) is 12.3 Å². The van der Waals surface area contributed by atoms with Crippen LogP contribution in [0.15, 0.2) is 18.2 Å². The predicted molar refractivity (Wildman–Crippen MR) is 67.4 cm³/mol. The van der Waals surface area contributed by atoms with Gasteiger partial charge in [0.1, 0.15) is 0 Å². The van der Waals surface area contributed by atoms with Crippen LogP contribution in [0.2, 0.25) is 0 Å². The molecule has 4 nitrogen and oxygen atoms in total. The highest BCUT2D eigenvalue weighted by Gasteiger charge is 2.13. The number of nitro groups is 1. The second-order valence-electron chi connectivity index (χ2n) is 3.94. The van der Waals surface area contributed by atoms with Crippen molar-refractivity contribution in [2.24, 2.45) is 0 Å². The molecule has 0 aliphatic heterocycles. The number of halogens is 1. The lowest BCUT2D eigenvalue weighted by molar-refractivity contribution is -0.387. The number of rotatable bonds is 6. The molecular weight excluding hydrogens is 235 g/mol. The first-order valence-electron chi connectivity index (χ1n) is 5.68. The van der Waals surface area contributed by atoms with Crippen LogP contribution in [-0.2, 0) is 6.54 Å². The second-order valence-corrected chi connectivity index (χ2v) is 3.94. The Kier molecular flexibility index (Phi) is 5.28. The molecule has 1 aromatic carbocycles. The topological polar surface area (TPSA) is 55.2 Å². The van der Waals surface area contributed by atoms with Gasteiger partial charge < -0.3 is 5.32 Å². The van der Waals surface area contributed by atoms with E-state index in [4.69, 9.17) is 6.42 Å². The highest BCUT2D eigenvalue weighted by atomic mass is 19.1. The van der Waals surface area contributed by atoms with Gasteiger partial charge in [-0.15, -0.1) is 12.3 Å². The standard InChI is InChI=1S/C13H15FN2O2/c1-3-5-11(4-2)15-9-10-6-7-13(16(17)18)12(14)8-10/h1,6-8,11,15H,4-5,9H2,2H3. The molecular formula is C13H15FN2O2. The number of hydrogen-bond donors (Lipinski definition) is 1. The Bertz CT molecular complexity index is 469. The van der Waals surface area contributed by atoms with Gasteiger partial charge in [0.25, 0.3) is 0 Å². The molecule has 1 N–H and O–H groups in total. The van der Waals surface area contributed by atoms with Gasteiger partial charge in [0.15, 0.2) is 0 Å². The number of benzene rings is 1. The third kappa shape index (κ3) is 3.82. The van der Waals surface area contributed by atoms with Gasteiger partial charge in [0.05, 0.1) is 4.92 Å². The first kappa shape index (κ1) is 14.1. The fourth-order valence-corrected chi connectivity index (χ4v) is 1.57.